The van der Waals surface area contributed by atoms with Gasteiger partial charge in [-0.25, -0.2) is 0 Å². The van der Waals surface area contributed by atoms with Crippen molar-refractivity contribution in [2.45, 2.75) is 19.5 Å². The molecular weight excluding hydrogens is 532 g/mol. The molecule has 6 rings (SSSR count). The fourth-order valence-electron chi connectivity index (χ4n) is 5.57. The molecule has 10 nitrogen and oxygen atoms in total. The Morgan fingerprint density at radius 1 is 1.07 bits per heavy atom. The SMILES string of the molecule is COc1ccc(Cl)cc1-c1nc(CN2CCc3nc4ccccc4c(C(=O)N4CCN(CCO)CC4)c3C2)no1. The van der Waals surface area contributed by atoms with Gasteiger partial charge in [0.15, 0.2) is 5.82 Å². The molecule has 0 saturated carbocycles. The Kier molecular flexibility index (Phi) is 7.66. The number of rotatable bonds is 7. The number of para-hydroxylation sites is 1. The first-order chi connectivity index (χ1) is 19.5. The zero-order chi connectivity index (χ0) is 27.6. The van der Waals surface area contributed by atoms with Gasteiger partial charge in [-0.05, 0) is 24.3 Å². The summed E-state index contributed by atoms with van der Waals surface area (Å²) in [7, 11) is 1.58. The Labute approximate surface area is 237 Å². The molecule has 11 heteroatoms. The summed E-state index contributed by atoms with van der Waals surface area (Å²) in [6.45, 7) is 5.31. The van der Waals surface area contributed by atoms with Crippen LogP contribution in [0.15, 0.2) is 47.0 Å². The fourth-order valence-corrected chi connectivity index (χ4v) is 5.75. The van der Waals surface area contributed by atoms with Crippen molar-refractivity contribution in [3.8, 4) is 17.2 Å². The molecule has 1 saturated heterocycles. The summed E-state index contributed by atoms with van der Waals surface area (Å²) in [5.41, 5.74) is 4.15. The molecule has 0 unspecified atom stereocenters. The number of hydrogen-bond donors (Lipinski definition) is 1. The largest absolute Gasteiger partial charge is 0.496 e. The van der Waals surface area contributed by atoms with Crippen LogP contribution in [0.2, 0.25) is 5.02 Å². The molecular formula is C29H31ClN6O4. The van der Waals surface area contributed by atoms with Gasteiger partial charge in [-0.1, -0.05) is 35.0 Å². The number of ether oxygens (including phenoxy) is 1. The van der Waals surface area contributed by atoms with Gasteiger partial charge in [-0.15, -0.1) is 0 Å². The second-order valence-electron chi connectivity index (χ2n) is 10.1. The van der Waals surface area contributed by atoms with Gasteiger partial charge in [0.25, 0.3) is 11.8 Å². The number of carbonyl (C=O) groups is 1. The van der Waals surface area contributed by atoms with E-state index in [1.54, 1.807) is 25.3 Å². The van der Waals surface area contributed by atoms with Gasteiger partial charge >= 0.3 is 0 Å². The highest BCUT2D eigenvalue weighted by atomic mass is 35.5. The Hall–Kier alpha value is -3.57. The Bertz CT molecular complexity index is 1530. The maximum Gasteiger partial charge on any atom is 0.261 e. The van der Waals surface area contributed by atoms with Crippen LogP contribution < -0.4 is 4.74 Å². The number of benzene rings is 2. The van der Waals surface area contributed by atoms with E-state index >= 15 is 0 Å². The third-order valence-electron chi connectivity index (χ3n) is 7.64. The van der Waals surface area contributed by atoms with Gasteiger partial charge in [-0.3, -0.25) is 19.6 Å². The van der Waals surface area contributed by atoms with Crippen molar-refractivity contribution in [2.75, 3.05) is 53.0 Å². The van der Waals surface area contributed by atoms with Crippen LogP contribution in [0.3, 0.4) is 0 Å². The van der Waals surface area contributed by atoms with Crippen molar-refractivity contribution in [3.05, 3.63) is 70.1 Å². The predicted octanol–water partition coefficient (Wildman–Crippen LogP) is 3.26. The van der Waals surface area contributed by atoms with Crippen LogP contribution in [-0.2, 0) is 19.5 Å². The molecule has 4 aromatic rings. The summed E-state index contributed by atoms with van der Waals surface area (Å²) < 4.78 is 11.0. The number of aliphatic hydroxyl groups excluding tert-OH is 1. The normalized spacial score (nSPS) is 16.3. The summed E-state index contributed by atoms with van der Waals surface area (Å²) in [6, 6.07) is 13.1. The monoisotopic (exact) mass is 562 g/mol. The summed E-state index contributed by atoms with van der Waals surface area (Å²) in [4.78, 5) is 29.9. The van der Waals surface area contributed by atoms with E-state index in [0.717, 1.165) is 53.8 Å². The predicted molar refractivity (Wildman–Crippen MR) is 150 cm³/mol. The zero-order valence-corrected chi connectivity index (χ0v) is 23.1. The summed E-state index contributed by atoms with van der Waals surface area (Å²) in [6.07, 6.45) is 0.720. The van der Waals surface area contributed by atoms with E-state index in [1.807, 2.05) is 29.2 Å². The highest BCUT2D eigenvalue weighted by Crippen LogP contribution is 2.33. The maximum atomic E-state index is 14.0. The summed E-state index contributed by atoms with van der Waals surface area (Å²) >= 11 is 6.19. The van der Waals surface area contributed by atoms with E-state index in [9.17, 15) is 9.90 Å². The Balaban J connectivity index is 1.26. The van der Waals surface area contributed by atoms with Crippen molar-refractivity contribution >= 4 is 28.4 Å². The van der Waals surface area contributed by atoms with Crippen molar-refractivity contribution in [2.24, 2.45) is 0 Å². The molecule has 208 valence electrons. The molecule has 0 spiro atoms. The molecule has 1 amide bonds. The molecule has 1 fully saturated rings. The van der Waals surface area contributed by atoms with Crippen molar-refractivity contribution < 1.29 is 19.2 Å². The highest BCUT2D eigenvalue weighted by molar-refractivity contribution is 6.30. The third kappa shape index (κ3) is 5.27. The van der Waals surface area contributed by atoms with E-state index in [2.05, 4.69) is 19.9 Å². The second-order valence-corrected chi connectivity index (χ2v) is 10.5. The standard InChI is InChI=1S/C29H31ClN6O4/c1-39-25-7-6-19(30)16-21(25)28-32-26(33-40-28)18-35-9-8-24-22(17-35)27(20-4-2-3-5-23(20)31-24)29(38)36-12-10-34(11-13-36)14-15-37/h2-7,16,37H,8-15,17-18H2,1H3. The number of carbonyl (C=O) groups excluding carboxylic acids is 1. The van der Waals surface area contributed by atoms with Crippen molar-refractivity contribution in [3.63, 3.8) is 0 Å². The summed E-state index contributed by atoms with van der Waals surface area (Å²) in [5.74, 6) is 1.53. The van der Waals surface area contributed by atoms with Gasteiger partial charge in [-0.2, -0.15) is 4.98 Å². The fraction of sp³-hybridized carbons (Fsp3) is 0.379. The lowest BCUT2D eigenvalue weighted by atomic mass is 9.94. The molecule has 2 aromatic carbocycles. The molecule has 0 bridgehead atoms. The van der Waals surface area contributed by atoms with Crippen LogP contribution in [0.5, 0.6) is 5.75 Å². The molecule has 0 aliphatic carbocycles. The minimum Gasteiger partial charge on any atom is -0.496 e. The molecule has 4 heterocycles. The number of aliphatic hydroxyl groups is 1. The maximum absolute atomic E-state index is 14.0. The number of methoxy groups -OCH3 is 1. The van der Waals surface area contributed by atoms with E-state index < -0.39 is 0 Å². The van der Waals surface area contributed by atoms with Crippen molar-refractivity contribution in [1.29, 1.82) is 0 Å². The van der Waals surface area contributed by atoms with Crippen molar-refractivity contribution in [1.82, 2.24) is 29.8 Å². The van der Waals surface area contributed by atoms with Crippen LogP contribution >= 0.6 is 11.6 Å². The van der Waals surface area contributed by atoms with E-state index in [-0.39, 0.29) is 12.5 Å². The molecule has 2 aliphatic rings. The van der Waals surface area contributed by atoms with E-state index in [4.69, 9.17) is 25.8 Å². The lowest BCUT2D eigenvalue weighted by molar-refractivity contribution is 0.0614. The minimum absolute atomic E-state index is 0.0373. The van der Waals surface area contributed by atoms with Crippen LogP contribution in [0, 0.1) is 0 Å². The number of fused-ring (bicyclic) bond motifs is 2. The number of aromatic nitrogens is 3. The molecule has 0 atom stereocenters. The molecule has 40 heavy (non-hydrogen) atoms. The van der Waals surface area contributed by atoms with Gasteiger partial charge in [0.1, 0.15) is 5.75 Å². The lowest BCUT2D eigenvalue weighted by Crippen LogP contribution is -2.49. The molecule has 1 N–H and O–H groups in total. The van der Waals surface area contributed by atoms with Gasteiger partial charge in [0.2, 0.25) is 0 Å². The molecule has 2 aliphatic heterocycles. The number of nitrogens with zero attached hydrogens (tertiary/aromatic N) is 6. The zero-order valence-electron chi connectivity index (χ0n) is 22.3. The van der Waals surface area contributed by atoms with E-state index in [1.165, 1.54) is 0 Å². The summed E-state index contributed by atoms with van der Waals surface area (Å²) in [5, 5.41) is 14.9. The quantitative estimate of drug-likeness (QED) is 0.363. The van der Waals surface area contributed by atoms with Crippen LogP contribution in [0.1, 0.15) is 27.4 Å². The number of halogens is 1. The van der Waals surface area contributed by atoms with Crippen LogP contribution in [-0.4, -0.2) is 93.8 Å². The smallest absolute Gasteiger partial charge is 0.261 e. The molecule has 0 radical (unpaired) electrons. The Morgan fingerprint density at radius 3 is 2.70 bits per heavy atom. The van der Waals surface area contributed by atoms with Crippen LogP contribution in [0.4, 0.5) is 0 Å². The first-order valence-electron chi connectivity index (χ1n) is 13.5. The topological polar surface area (TPSA) is 108 Å². The first-order valence-corrected chi connectivity index (χ1v) is 13.8. The number of piperazine rings is 1. The van der Waals surface area contributed by atoms with Gasteiger partial charge in [0, 0.05) is 73.9 Å². The number of amides is 1. The van der Waals surface area contributed by atoms with Gasteiger partial charge in [0.05, 0.1) is 36.9 Å². The third-order valence-corrected chi connectivity index (χ3v) is 7.88. The number of pyridine rings is 1. The highest BCUT2D eigenvalue weighted by Gasteiger charge is 2.30. The minimum atomic E-state index is 0.0373. The van der Waals surface area contributed by atoms with E-state index in [0.29, 0.717) is 60.8 Å². The van der Waals surface area contributed by atoms with Crippen LogP contribution in [0.25, 0.3) is 22.4 Å². The molecule has 2 aromatic heterocycles. The lowest BCUT2D eigenvalue weighted by Gasteiger charge is -2.36. The Morgan fingerprint density at radius 2 is 1.90 bits per heavy atom. The first kappa shape index (κ1) is 26.6. The second kappa shape index (κ2) is 11.5. The average molecular weight is 563 g/mol. The number of β-amino-alcohol motifs (C(OH)–C–C–N with tert-alkyl or cyclic N) is 1. The number of hydrogen-bond acceptors (Lipinski definition) is 9. The van der Waals surface area contributed by atoms with Gasteiger partial charge < -0.3 is 19.3 Å². The average Bonchev–Trinajstić information content (AvgIpc) is 3.44.